The van der Waals surface area contributed by atoms with Gasteiger partial charge in [0.05, 0.1) is 17.8 Å². The van der Waals surface area contributed by atoms with E-state index >= 15 is 0 Å². The number of carbonyl (C=O) groups is 1. The van der Waals surface area contributed by atoms with Crippen LogP contribution in [0.2, 0.25) is 0 Å². The lowest BCUT2D eigenvalue weighted by molar-refractivity contribution is 0.0735. The molecule has 5 rings (SSSR count). The van der Waals surface area contributed by atoms with Gasteiger partial charge in [0.2, 0.25) is 15.9 Å². The highest BCUT2D eigenvalue weighted by molar-refractivity contribution is 7.92. The highest BCUT2D eigenvalue weighted by Gasteiger charge is 2.34. The van der Waals surface area contributed by atoms with Crippen molar-refractivity contribution in [3.63, 3.8) is 0 Å². The first-order valence-electron chi connectivity index (χ1n) is 12.4. The van der Waals surface area contributed by atoms with Crippen molar-refractivity contribution in [3.05, 3.63) is 75.6 Å². The molecule has 0 spiro atoms. The van der Waals surface area contributed by atoms with Crippen LogP contribution in [0.15, 0.2) is 52.3 Å². The third-order valence-electron chi connectivity index (χ3n) is 6.34. The summed E-state index contributed by atoms with van der Waals surface area (Å²) in [5.74, 6) is -0.0810. The molecule has 2 atom stereocenters. The topological polar surface area (TPSA) is 157 Å². The molecular weight excluding hydrogens is 538 g/mol. The Morgan fingerprint density at radius 2 is 2.00 bits per heavy atom. The van der Waals surface area contributed by atoms with Crippen molar-refractivity contribution in [3.8, 4) is 11.6 Å². The van der Waals surface area contributed by atoms with Gasteiger partial charge in [0.1, 0.15) is 16.5 Å². The maximum absolute atomic E-state index is 13.7. The van der Waals surface area contributed by atoms with Crippen molar-refractivity contribution < 1.29 is 17.6 Å². The number of nitrogens with one attached hydrogen (secondary N) is 1. The first-order valence-corrected chi connectivity index (χ1v) is 15.2. The van der Waals surface area contributed by atoms with Crippen LogP contribution in [0.5, 0.6) is 0 Å². The lowest BCUT2D eigenvalue weighted by Gasteiger charge is -2.23. The van der Waals surface area contributed by atoms with E-state index in [1.54, 1.807) is 11.8 Å². The van der Waals surface area contributed by atoms with Gasteiger partial charge >= 0.3 is 0 Å². The van der Waals surface area contributed by atoms with E-state index in [1.807, 2.05) is 42.6 Å². The number of thiazole rings is 1. The number of nitrogens with zero attached hydrogens (tertiary/aromatic N) is 5. The Morgan fingerprint density at radius 1 is 1.23 bits per heavy atom. The van der Waals surface area contributed by atoms with Crippen molar-refractivity contribution in [2.45, 2.75) is 44.7 Å². The van der Waals surface area contributed by atoms with Gasteiger partial charge in [0.25, 0.3) is 11.8 Å². The highest BCUT2D eigenvalue weighted by atomic mass is 32.2. The third kappa shape index (κ3) is 6.15. The SMILES string of the molecule is Cc1csc([C@H]2CCCN2C(=O)c2cc(NS(C)(=O)=O)nc(-c3nnc([C@](C)(N)Cc4ccccc4)o3)c2)n1. The van der Waals surface area contributed by atoms with E-state index in [0.29, 0.717) is 13.0 Å². The van der Waals surface area contributed by atoms with Gasteiger partial charge in [-0.1, -0.05) is 30.3 Å². The van der Waals surface area contributed by atoms with Crippen LogP contribution in [0.4, 0.5) is 5.82 Å². The van der Waals surface area contributed by atoms with Crippen molar-refractivity contribution in [2.24, 2.45) is 5.73 Å². The minimum absolute atomic E-state index is 0.0226. The molecule has 1 aromatic carbocycles. The zero-order chi connectivity index (χ0) is 27.8. The van der Waals surface area contributed by atoms with E-state index in [4.69, 9.17) is 10.2 Å². The Morgan fingerprint density at radius 3 is 2.69 bits per heavy atom. The Hall–Kier alpha value is -3.68. The molecule has 0 bridgehead atoms. The average Bonchev–Trinajstić information content (AvgIpc) is 3.63. The monoisotopic (exact) mass is 567 g/mol. The van der Waals surface area contributed by atoms with Crippen molar-refractivity contribution in [1.29, 1.82) is 0 Å². The molecule has 1 aliphatic rings. The number of aromatic nitrogens is 4. The number of hydrogen-bond donors (Lipinski definition) is 2. The van der Waals surface area contributed by atoms with Gasteiger partial charge < -0.3 is 15.1 Å². The molecule has 1 amide bonds. The molecule has 4 aromatic rings. The quantitative estimate of drug-likeness (QED) is 0.324. The zero-order valence-corrected chi connectivity index (χ0v) is 23.4. The number of benzene rings is 1. The van der Waals surface area contributed by atoms with E-state index in [1.165, 1.54) is 23.5 Å². The van der Waals surface area contributed by atoms with Gasteiger partial charge in [-0.2, -0.15) is 0 Å². The molecule has 1 saturated heterocycles. The number of sulfonamides is 1. The van der Waals surface area contributed by atoms with Crippen molar-refractivity contribution in [1.82, 2.24) is 25.1 Å². The molecule has 4 heterocycles. The Kier molecular flexibility index (Phi) is 7.23. The molecule has 39 heavy (non-hydrogen) atoms. The normalized spacial score (nSPS) is 17.2. The van der Waals surface area contributed by atoms with Gasteiger partial charge in [-0.3, -0.25) is 9.52 Å². The van der Waals surface area contributed by atoms with Crippen LogP contribution >= 0.6 is 11.3 Å². The Labute approximate surface area is 230 Å². The first kappa shape index (κ1) is 26.9. The molecule has 0 unspecified atom stereocenters. The fourth-order valence-electron chi connectivity index (χ4n) is 4.62. The number of likely N-dealkylation sites (tertiary alicyclic amines) is 1. The summed E-state index contributed by atoms with van der Waals surface area (Å²) in [6.07, 6.45) is 3.10. The van der Waals surface area contributed by atoms with Crippen molar-refractivity contribution in [2.75, 3.05) is 17.5 Å². The molecule has 1 fully saturated rings. The Balaban J connectivity index is 1.48. The maximum Gasteiger partial charge on any atom is 0.266 e. The molecule has 0 radical (unpaired) electrons. The molecule has 13 heteroatoms. The second-order valence-corrected chi connectivity index (χ2v) is 12.6. The van der Waals surface area contributed by atoms with Crippen LogP contribution in [0.3, 0.4) is 0 Å². The lowest BCUT2D eigenvalue weighted by atomic mass is 9.94. The molecule has 3 aromatic heterocycles. The summed E-state index contributed by atoms with van der Waals surface area (Å²) in [6, 6.07) is 12.5. The summed E-state index contributed by atoms with van der Waals surface area (Å²) in [6.45, 7) is 4.27. The number of amides is 1. The Bertz CT molecular complexity index is 1600. The molecule has 3 N–H and O–H groups in total. The van der Waals surface area contributed by atoms with Crippen LogP contribution in [-0.2, 0) is 22.0 Å². The van der Waals surface area contributed by atoms with Crippen molar-refractivity contribution >= 4 is 33.1 Å². The summed E-state index contributed by atoms with van der Waals surface area (Å²) in [4.78, 5) is 24.4. The highest BCUT2D eigenvalue weighted by Crippen LogP contribution is 2.35. The standard InChI is InChI=1S/C26H29N7O4S2/c1-16-15-38-23(28-16)20-10-7-11-33(20)24(34)18-12-19(29-21(13-18)32-39(3,35)36)22-30-31-25(37-22)26(2,27)14-17-8-5-4-6-9-17/h4-6,8-9,12-13,15,20H,7,10-11,14,27H2,1-3H3,(H,29,32)/t20-,26-/m1/s1. The minimum Gasteiger partial charge on any atom is -0.417 e. The smallest absolute Gasteiger partial charge is 0.266 e. The van der Waals surface area contributed by atoms with Crippen LogP contribution < -0.4 is 10.5 Å². The fourth-order valence-corrected chi connectivity index (χ4v) is 6.04. The predicted octanol–water partition coefficient (Wildman–Crippen LogP) is 3.66. The average molecular weight is 568 g/mol. The van der Waals surface area contributed by atoms with E-state index < -0.39 is 15.6 Å². The first-order chi connectivity index (χ1) is 18.5. The molecule has 1 aliphatic heterocycles. The summed E-state index contributed by atoms with van der Waals surface area (Å²) in [5, 5.41) is 11.1. The molecular formula is C26H29N7O4S2. The van der Waals surface area contributed by atoms with Crippen LogP contribution in [0, 0.1) is 6.92 Å². The van der Waals surface area contributed by atoms with Crippen LogP contribution in [-0.4, -0.2) is 52.2 Å². The number of aryl methyl sites for hydroxylation is 1. The van der Waals surface area contributed by atoms with Crippen LogP contribution in [0.25, 0.3) is 11.6 Å². The van der Waals surface area contributed by atoms with Crippen LogP contribution in [0.1, 0.15) is 58.3 Å². The molecule has 11 nitrogen and oxygen atoms in total. The number of anilines is 1. The summed E-state index contributed by atoms with van der Waals surface area (Å²) in [5.41, 5.74) is 7.87. The molecule has 0 aliphatic carbocycles. The third-order valence-corrected chi connectivity index (χ3v) is 7.99. The fraction of sp³-hybridized carbons (Fsp3) is 0.346. The van der Waals surface area contributed by atoms with Gasteiger partial charge in [-0.25, -0.2) is 18.4 Å². The van der Waals surface area contributed by atoms with E-state index in [-0.39, 0.29) is 40.8 Å². The minimum atomic E-state index is -3.67. The predicted molar refractivity (Wildman–Crippen MR) is 148 cm³/mol. The van der Waals surface area contributed by atoms with E-state index in [2.05, 4.69) is 24.9 Å². The molecule has 204 valence electrons. The summed E-state index contributed by atoms with van der Waals surface area (Å²) in [7, 11) is -3.67. The number of nitrogens with two attached hydrogens (primary N) is 1. The maximum atomic E-state index is 13.7. The second-order valence-electron chi connectivity index (χ2n) is 9.98. The largest absolute Gasteiger partial charge is 0.417 e. The van der Waals surface area contributed by atoms with E-state index in [9.17, 15) is 13.2 Å². The van der Waals surface area contributed by atoms with E-state index in [0.717, 1.165) is 35.4 Å². The lowest BCUT2D eigenvalue weighted by Crippen LogP contribution is -2.35. The zero-order valence-electron chi connectivity index (χ0n) is 21.8. The number of rotatable bonds is 8. The molecule has 0 saturated carbocycles. The number of hydrogen-bond acceptors (Lipinski definition) is 10. The summed E-state index contributed by atoms with van der Waals surface area (Å²) >= 11 is 1.53. The number of pyridine rings is 1. The van der Waals surface area contributed by atoms with Gasteiger partial charge in [-0.05, 0) is 50.8 Å². The second kappa shape index (κ2) is 10.5. The number of carbonyl (C=O) groups excluding carboxylic acids is 1. The van der Waals surface area contributed by atoms with Gasteiger partial charge in [-0.15, -0.1) is 21.5 Å². The van der Waals surface area contributed by atoms with Gasteiger partial charge in [0.15, 0.2) is 0 Å². The summed E-state index contributed by atoms with van der Waals surface area (Å²) < 4.78 is 32.3. The van der Waals surface area contributed by atoms with Gasteiger partial charge in [0, 0.05) is 23.2 Å².